The van der Waals surface area contributed by atoms with Gasteiger partial charge in [0.15, 0.2) is 0 Å². The molecular weight excluding hydrogens is 431 g/mol. The van der Waals surface area contributed by atoms with Gasteiger partial charge in [0.05, 0.1) is 21.9 Å². The van der Waals surface area contributed by atoms with Crippen molar-refractivity contribution in [3.63, 3.8) is 0 Å². The molecule has 2 aromatic carbocycles. The number of hydrogen-bond acceptors (Lipinski definition) is 2. The Balaban J connectivity index is 1.41. The van der Waals surface area contributed by atoms with Crippen molar-refractivity contribution in [3.8, 4) is 0 Å². The lowest BCUT2D eigenvalue weighted by molar-refractivity contribution is -0.148. The van der Waals surface area contributed by atoms with E-state index in [0.717, 1.165) is 18.4 Å². The molecule has 4 nitrogen and oxygen atoms in total. The molecule has 0 radical (unpaired) electrons. The summed E-state index contributed by atoms with van der Waals surface area (Å²) in [5, 5.41) is 4.04. The number of likely N-dealkylation sites (tertiary alicyclic amines) is 1. The molecule has 0 aromatic heterocycles. The van der Waals surface area contributed by atoms with E-state index in [9.17, 15) is 9.59 Å². The smallest absolute Gasteiger partial charge is 0.227 e. The van der Waals surface area contributed by atoms with Crippen molar-refractivity contribution in [1.82, 2.24) is 10.2 Å². The fourth-order valence-electron chi connectivity index (χ4n) is 4.61. The molecule has 2 aliphatic rings. The Morgan fingerprint density at radius 1 is 1.06 bits per heavy atom. The van der Waals surface area contributed by atoms with Crippen LogP contribution in [0.2, 0.25) is 10.0 Å². The van der Waals surface area contributed by atoms with E-state index in [-0.39, 0.29) is 29.6 Å². The Bertz CT molecular complexity index is 977. The highest BCUT2D eigenvalue weighted by Gasteiger charge is 2.44. The van der Waals surface area contributed by atoms with Gasteiger partial charge in [-0.1, -0.05) is 71.8 Å². The van der Waals surface area contributed by atoms with Gasteiger partial charge < -0.3 is 10.2 Å². The zero-order valence-electron chi connectivity index (χ0n) is 17.3. The first kappa shape index (κ1) is 21.9. The van der Waals surface area contributed by atoms with Crippen LogP contribution in [-0.4, -0.2) is 29.8 Å². The van der Waals surface area contributed by atoms with Crippen LogP contribution < -0.4 is 5.32 Å². The lowest BCUT2D eigenvalue weighted by atomic mass is 9.71. The predicted molar refractivity (Wildman–Crippen MR) is 124 cm³/mol. The van der Waals surface area contributed by atoms with Gasteiger partial charge >= 0.3 is 0 Å². The molecule has 0 unspecified atom stereocenters. The number of piperidine rings is 1. The summed E-state index contributed by atoms with van der Waals surface area (Å²) in [6, 6.07) is 15.5. The normalized spacial score (nSPS) is 22.8. The first-order valence-corrected chi connectivity index (χ1v) is 11.5. The van der Waals surface area contributed by atoms with Crippen molar-refractivity contribution in [2.45, 2.75) is 25.8 Å². The van der Waals surface area contributed by atoms with E-state index < -0.39 is 0 Å². The van der Waals surface area contributed by atoms with Crippen molar-refractivity contribution in [1.29, 1.82) is 0 Å². The topological polar surface area (TPSA) is 49.4 Å². The molecule has 1 aliphatic carbocycles. The second kappa shape index (κ2) is 9.88. The Hall–Kier alpha value is -2.30. The van der Waals surface area contributed by atoms with Crippen molar-refractivity contribution in [2.75, 3.05) is 13.1 Å². The van der Waals surface area contributed by atoms with E-state index >= 15 is 0 Å². The number of halogens is 2. The summed E-state index contributed by atoms with van der Waals surface area (Å²) in [5.41, 5.74) is 2.13. The maximum Gasteiger partial charge on any atom is 0.227 e. The molecule has 6 heteroatoms. The lowest BCUT2D eigenvalue weighted by Gasteiger charge is -2.41. The van der Waals surface area contributed by atoms with Gasteiger partial charge in [0.2, 0.25) is 11.8 Å². The number of carbonyl (C=O) groups excluding carboxylic acids is 2. The van der Waals surface area contributed by atoms with Gasteiger partial charge in [-0.05, 0) is 48.4 Å². The Morgan fingerprint density at radius 3 is 2.65 bits per heavy atom. The zero-order chi connectivity index (χ0) is 21.8. The third-order valence-corrected chi connectivity index (χ3v) is 6.99. The van der Waals surface area contributed by atoms with Gasteiger partial charge in [-0.2, -0.15) is 0 Å². The largest absolute Gasteiger partial charge is 0.355 e. The molecule has 1 heterocycles. The average Bonchev–Trinajstić information content (AvgIpc) is 2.78. The molecule has 1 fully saturated rings. The van der Waals surface area contributed by atoms with Crippen LogP contribution in [0.3, 0.4) is 0 Å². The van der Waals surface area contributed by atoms with Crippen molar-refractivity contribution >= 4 is 35.0 Å². The molecule has 4 rings (SSSR count). The third-order valence-electron chi connectivity index (χ3n) is 6.25. The number of hydrogen-bond donors (Lipinski definition) is 1. The molecule has 0 saturated carbocycles. The van der Waals surface area contributed by atoms with Gasteiger partial charge in [0.1, 0.15) is 0 Å². The van der Waals surface area contributed by atoms with Crippen LogP contribution in [-0.2, 0) is 22.6 Å². The Labute approximate surface area is 193 Å². The van der Waals surface area contributed by atoms with Crippen molar-refractivity contribution in [3.05, 3.63) is 81.9 Å². The first-order valence-electron chi connectivity index (χ1n) is 10.7. The molecule has 0 bridgehead atoms. The quantitative estimate of drug-likeness (QED) is 0.628. The minimum atomic E-state index is -0.324. The van der Waals surface area contributed by atoms with Crippen LogP contribution in [0.5, 0.6) is 0 Å². The number of fused-ring (bicyclic) bond motifs is 1. The standard InChI is InChI=1S/C25H26Cl2N2O2/c26-21-10-9-18(15-22(21)27)16-29-14-12-19-7-4-8-20(23(19)25(29)31)24(30)28-13-11-17-5-2-1-3-6-17/h1-7,9-10,15,19-20,23H,8,11-14,16H2,(H,28,30)/t19-,20-,23+/m1/s1. The SMILES string of the molecule is O=C(NCCc1ccccc1)[C@@H]1CC=C[C@@H]2CCN(Cc3ccc(Cl)c(Cl)c3)C(=O)[C@@H]21. The van der Waals surface area contributed by atoms with Crippen LogP contribution in [0, 0.1) is 17.8 Å². The molecule has 1 N–H and O–H groups in total. The highest BCUT2D eigenvalue weighted by Crippen LogP contribution is 2.38. The molecule has 1 aliphatic heterocycles. The summed E-state index contributed by atoms with van der Waals surface area (Å²) in [5.74, 6) is -0.487. The molecular formula is C25H26Cl2N2O2. The fourth-order valence-corrected chi connectivity index (χ4v) is 4.93. The van der Waals surface area contributed by atoms with Gasteiger partial charge in [-0.3, -0.25) is 9.59 Å². The summed E-state index contributed by atoms with van der Waals surface area (Å²) in [6.45, 7) is 1.72. The van der Waals surface area contributed by atoms with E-state index in [1.165, 1.54) is 5.56 Å². The molecule has 2 aromatic rings. The highest BCUT2D eigenvalue weighted by molar-refractivity contribution is 6.42. The first-order chi connectivity index (χ1) is 15.0. The number of amides is 2. The average molecular weight is 457 g/mol. The minimum absolute atomic E-state index is 0.0278. The molecule has 162 valence electrons. The van der Waals surface area contributed by atoms with E-state index in [2.05, 4.69) is 29.6 Å². The van der Waals surface area contributed by atoms with E-state index in [4.69, 9.17) is 23.2 Å². The van der Waals surface area contributed by atoms with E-state index in [0.29, 0.717) is 36.1 Å². The fraction of sp³-hybridized carbons (Fsp3) is 0.360. The van der Waals surface area contributed by atoms with E-state index in [1.807, 2.05) is 29.2 Å². The van der Waals surface area contributed by atoms with Crippen molar-refractivity contribution < 1.29 is 9.59 Å². The zero-order valence-corrected chi connectivity index (χ0v) is 18.8. The predicted octanol–water partition coefficient (Wildman–Crippen LogP) is 4.89. The van der Waals surface area contributed by atoms with Gasteiger partial charge in [0.25, 0.3) is 0 Å². The highest BCUT2D eigenvalue weighted by atomic mass is 35.5. The van der Waals surface area contributed by atoms with Crippen LogP contribution in [0.4, 0.5) is 0 Å². The molecule has 2 amide bonds. The van der Waals surface area contributed by atoms with Crippen LogP contribution in [0.25, 0.3) is 0 Å². The number of rotatable bonds is 6. The molecule has 0 spiro atoms. The minimum Gasteiger partial charge on any atom is -0.355 e. The Kier molecular flexibility index (Phi) is 6.99. The second-order valence-corrected chi connectivity index (χ2v) is 9.10. The van der Waals surface area contributed by atoms with Gasteiger partial charge in [-0.25, -0.2) is 0 Å². The number of benzene rings is 2. The maximum atomic E-state index is 13.4. The van der Waals surface area contributed by atoms with Crippen LogP contribution in [0.1, 0.15) is 24.0 Å². The Morgan fingerprint density at radius 2 is 1.87 bits per heavy atom. The monoisotopic (exact) mass is 456 g/mol. The summed E-state index contributed by atoms with van der Waals surface area (Å²) in [6.07, 6.45) is 6.42. The number of carbonyl (C=O) groups is 2. The maximum absolute atomic E-state index is 13.4. The third kappa shape index (κ3) is 5.13. The molecule has 3 atom stereocenters. The number of nitrogens with zero attached hydrogens (tertiary/aromatic N) is 1. The summed E-state index contributed by atoms with van der Waals surface area (Å²) >= 11 is 12.2. The molecule has 31 heavy (non-hydrogen) atoms. The summed E-state index contributed by atoms with van der Waals surface area (Å²) < 4.78 is 0. The van der Waals surface area contributed by atoms with E-state index in [1.54, 1.807) is 12.1 Å². The summed E-state index contributed by atoms with van der Waals surface area (Å²) in [7, 11) is 0. The van der Waals surface area contributed by atoms with Crippen LogP contribution >= 0.6 is 23.2 Å². The summed E-state index contributed by atoms with van der Waals surface area (Å²) in [4.78, 5) is 28.2. The molecule has 1 saturated heterocycles. The van der Waals surface area contributed by atoms with Gasteiger partial charge in [0, 0.05) is 19.6 Å². The second-order valence-electron chi connectivity index (χ2n) is 8.28. The van der Waals surface area contributed by atoms with Crippen LogP contribution in [0.15, 0.2) is 60.7 Å². The van der Waals surface area contributed by atoms with Crippen molar-refractivity contribution in [2.24, 2.45) is 17.8 Å². The number of allylic oxidation sites excluding steroid dienone is 2. The lowest BCUT2D eigenvalue weighted by Crippen LogP contribution is -2.51. The van der Waals surface area contributed by atoms with Gasteiger partial charge in [-0.15, -0.1) is 0 Å². The number of nitrogens with one attached hydrogen (secondary N) is 1.